The van der Waals surface area contributed by atoms with Gasteiger partial charge < -0.3 is 5.32 Å². The van der Waals surface area contributed by atoms with Crippen LogP contribution in [0, 0.1) is 17.7 Å². The number of hydrogen-bond acceptors (Lipinski definition) is 2. The normalized spacial score (nSPS) is 27.6. The lowest BCUT2D eigenvalue weighted by Gasteiger charge is -2.36. The van der Waals surface area contributed by atoms with Gasteiger partial charge in [0.05, 0.1) is 0 Å². The monoisotopic (exact) mass is 264 g/mol. The molecule has 3 unspecified atom stereocenters. The average molecular weight is 264 g/mol. The van der Waals surface area contributed by atoms with E-state index in [1.807, 2.05) is 12.1 Å². The molecule has 1 aromatic rings. The first kappa shape index (κ1) is 14.5. The van der Waals surface area contributed by atoms with Crippen LogP contribution in [0.15, 0.2) is 24.3 Å². The van der Waals surface area contributed by atoms with Crippen molar-refractivity contribution < 1.29 is 4.39 Å². The fraction of sp³-hybridized carbons (Fsp3) is 0.625. The predicted molar refractivity (Wildman–Crippen MR) is 77.6 cm³/mol. The Labute approximate surface area is 116 Å². The van der Waals surface area contributed by atoms with Gasteiger partial charge in [0, 0.05) is 24.7 Å². The number of benzene rings is 1. The Morgan fingerprint density at radius 2 is 1.74 bits per heavy atom. The highest BCUT2D eigenvalue weighted by atomic mass is 19.1. The van der Waals surface area contributed by atoms with Crippen molar-refractivity contribution in [2.45, 2.75) is 26.8 Å². The highest BCUT2D eigenvalue weighted by Crippen LogP contribution is 2.25. The van der Waals surface area contributed by atoms with Crippen molar-refractivity contribution in [1.82, 2.24) is 10.2 Å². The minimum atomic E-state index is -0.0875. The molecule has 19 heavy (non-hydrogen) atoms. The summed E-state index contributed by atoms with van der Waals surface area (Å²) in [5, 5.41) is 3.50. The van der Waals surface area contributed by atoms with Gasteiger partial charge in [-0.25, -0.2) is 4.39 Å². The van der Waals surface area contributed by atoms with Crippen LogP contribution < -0.4 is 5.32 Å². The number of hydrogen-bond donors (Lipinski definition) is 1. The van der Waals surface area contributed by atoms with Crippen molar-refractivity contribution in [2.75, 3.05) is 26.2 Å². The van der Waals surface area contributed by atoms with E-state index in [9.17, 15) is 4.39 Å². The van der Waals surface area contributed by atoms with Crippen LogP contribution in [-0.4, -0.2) is 31.1 Å². The Balaban J connectivity index is 2.15. The van der Waals surface area contributed by atoms with Crippen LogP contribution in [0.4, 0.5) is 4.39 Å². The quantitative estimate of drug-likeness (QED) is 0.883. The summed E-state index contributed by atoms with van der Waals surface area (Å²) >= 11 is 0. The van der Waals surface area contributed by atoms with E-state index in [-0.39, 0.29) is 11.9 Å². The van der Waals surface area contributed by atoms with Gasteiger partial charge in [-0.05, 0) is 37.9 Å². The molecule has 2 nitrogen and oxygen atoms in total. The molecule has 3 atom stereocenters. The maximum absolute atomic E-state index is 13.9. The largest absolute Gasteiger partial charge is 0.316 e. The van der Waals surface area contributed by atoms with Crippen molar-refractivity contribution >= 4 is 0 Å². The highest BCUT2D eigenvalue weighted by molar-refractivity contribution is 5.20. The molecule has 0 amide bonds. The first-order chi connectivity index (χ1) is 9.08. The summed E-state index contributed by atoms with van der Waals surface area (Å²) in [6, 6.07) is 7.29. The zero-order valence-corrected chi connectivity index (χ0v) is 12.2. The van der Waals surface area contributed by atoms with Crippen molar-refractivity contribution in [1.29, 1.82) is 0 Å². The minimum absolute atomic E-state index is 0.0875. The standard InChI is InChI=1S/C16H25FN2/c1-12-8-18-9-13(2)11-19(10-12)14(3)15-6-4-5-7-16(15)17/h4-7,12-14,18H,8-11H2,1-3H3. The van der Waals surface area contributed by atoms with Crippen molar-refractivity contribution in [2.24, 2.45) is 11.8 Å². The first-order valence-electron chi connectivity index (χ1n) is 7.27. The van der Waals surface area contributed by atoms with Crippen LogP contribution in [0.2, 0.25) is 0 Å². The van der Waals surface area contributed by atoms with Gasteiger partial charge in [0.2, 0.25) is 0 Å². The summed E-state index contributed by atoms with van der Waals surface area (Å²) in [7, 11) is 0. The maximum atomic E-state index is 13.9. The van der Waals surface area contributed by atoms with Crippen LogP contribution in [0.25, 0.3) is 0 Å². The lowest BCUT2D eigenvalue weighted by Crippen LogP contribution is -2.43. The minimum Gasteiger partial charge on any atom is -0.316 e. The SMILES string of the molecule is CC1CNCC(C)CN(C(C)c2ccccc2F)C1. The van der Waals surface area contributed by atoms with Gasteiger partial charge in [-0.15, -0.1) is 0 Å². The molecular weight excluding hydrogens is 239 g/mol. The molecule has 1 aliphatic rings. The molecule has 106 valence electrons. The average Bonchev–Trinajstić information content (AvgIpc) is 2.35. The fourth-order valence-corrected chi connectivity index (χ4v) is 2.91. The van der Waals surface area contributed by atoms with Crippen molar-refractivity contribution in [3.63, 3.8) is 0 Å². The van der Waals surface area contributed by atoms with Crippen LogP contribution in [0.5, 0.6) is 0 Å². The molecule has 1 aromatic carbocycles. The van der Waals surface area contributed by atoms with Gasteiger partial charge >= 0.3 is 0 Å². The second-order valence-electron chi connectivity index (χ2n) is 6.02. The summed E-state index contributed by atoms with van der Waals surface area (Å²) in [4.78, 5) is 2.43. The van der Waals surface area contributed by atoms with E-state index in [0.29, 0.717) is 11.8 Å². The zero-order chi connectivity index (χ0) is 13.8. The van der Waals surface area contributed by atoms with Crippen LogP contribution in [0.3, 0.4) is 0 Å². The molecule has 1 N–H and O–H groups in total. The van der Waals surface area contributed by atoms with Gasteiger partial charge in [-0.1, -0.05) is 32.0 Å². The van der Waals surface area contributed by atoms with Gasteiger partial charge in [-0.2, -0.15) is 0 Å². The molecule has 0 aromatic heterocycles. The van der Waals surface area contributed by atoms with E-state index in [4.69, 9.17) is 0 Å². The molecule has 1 aliphatic heterocycles. The van der Waals surface area contributed by atoms with Gasteiger partial charge in [0.25, 0.3) is 0 Å². The summed E-state index contributed by atoms with van der Waals surface area (Å²) in [6.07, 6.45) is 0. The zero-order valence-electron chi connectivity index (χ0n) is 12.2. The summed E-state index contributed by atoms with van der Waals surface area (Å²) in [5.41, 5.74) is 0.815. The molecule has 1 heterocycles. The molecule has 0 saturated carbocycles. The number of rotatable bonds is 2. The molecule has 0 spiro atoms. The Morgan fingerprint density at radius 1 is 1.16 bits per heavy atom. The highest BCUT2D eigenvalue weighted by Gasteiger charge is 2.23. The van der Waals surface area contributed by atoms with E-state index in [1.165, 1.54) is 0 Å². The van der Waals surface area contributed by atoms with E-state index >= 15 is 0 Å². The summed E-state index contributed by atoms with van der Waals surface area (Å²) in [6.45, 7) is 10.8. The third-order valence-corrected chi connectivity index (χ3v) is 3.98. The third-order valence-electron chi connectivity index (χ3n) is 3.98. The van der Waals surface area contributed by atoms with Crippen molar-refractivity contribution in [3.8, 4) is 0 Å². The van der Waals surface area contributed by atoms with E-state index < -0.39 is 0 Å². The van der Waals surface area contributed by atoms with Crippen molar-refractivity contribution in [3.05, 3.63) is 35.6 Å². The molecule has 0 aliphatic carbocycles. The molecule has 0 bridgehead atoms. The predicted octanol–water partition coefficient (Wildman–Crippen LogP) is 3.06. The maximum Gasteiger partial charge on any atom is 0.127 e. The molecule has 2 rings (SSSR count). The molecule has 0 radical (unpaired) electrons. The topological polar surface area (TPSA) is 15.3 Å². The second kappa shape index (κ2) is 6.49. The number of halogens is 1. The smallest absolute Gasteiger partial charge is 0.127 e. The van der Waals surface area contributed by atoms with E-state index in [1.54, 1.807) is 12.1 Å². The van der Waals surface area contributed by atoms with Crippen LogP contribution in [-0.2, 0) is 0 Å². The molecular formula is C16H25FN2. The Kier molecular flexibility index (Phi) is 4.94. The summed E-state index contributed by atoms with van der Waals surface area (Å²) in [5.74, 6) is 1.11. The van der Waals surface area contributed by atoms with Crippen LogP contribution in [0.1, 0.15) is 32.4 Å². The molecule has 3 heteroatoms. The molecule has 1 saturated heterocycles. The number of nitrogens with zero attached hydrogens (tertiary/aromatic N) is 1. The van der Waals surface area contributed by atoms with E-state index in [2.05, 4.69) is 31.0 Å². The van der Waals surface area contributed by atoms with Gasteiger partial charge in [0.15, 0.2) is 0 Å². The lowest BCUT2D eigenvalue weighted by molar-refractivity contribution is 0.140. The lowest BCUT2D eigenvalue weighted by atomic mass is 10.00. The van der Waals surface area contributed by atoms with Crippen LogP contribution >= 0.6 is 0 Å². The summed E-state index contributed by atoms with van der Waals surface area (Å²) < 4.78 is 13.9. The number of nitrogens with one attached hydrogen (secondary N) is 1. The molecule has 1 fully saturated rings. The fourth-order valence-electron chi connectivity index (χ4n) is 2.91. The first-order valence-corrected chi connectivity index (χ1v) is 7.27. The second-order valence-corrected chi connectivity index (χ2v) is 6.02. The van der Waals surface area contributed by atoms with Gasteiger partial charge in [0.1, 0.15) is 5.82 Å². The Bertz CT molecular complexity index is 395. The van der Waals surface area contributed by atoms with E-state index in [0.717, 1.165) is 31.7 Å². The Hall–Kier alpha value is -0.930. The third kappa shape index (κ3) is 3.77. The van der Waals surface area contributed by atoms with Gasteiger partial charge in [-0.3, -0.25) is 4.90 Å². The Morgan fingerprint density at radius 3 is 2.32 bits per heavy atom.